The number of ether oxygens (including phenoxy) is 1. The fourth-order valence-corrected chi connectivity index (χ4v) is 3.10. The number of benzene rings is 1. The van der Waals surface area contributed by atoms with Gasteiger partial charge in [0.25, 0.3) is 5.91 Å². The Kier molecular flexibility index (Phi) is 6.42. The van der Waals surface area contributed by atoms with E-state index in [1.165, 1.54) is 0 Å². The summed E-state index contributed by atoms with van der Waals surface area (Å²) in [6, 6.07) is 7.06. The second kappa shape index (κ2) is 8.31. The third kappa shape index (κ3) is 5.44. The lowest BCUT2D eigenvalue weighted by Gasteiger charge is -2.08. The van der Waals surface area contributed by atoms with Crippen molar-refractivity contribution in [2.24, 2.45) is 0 Å². The third-order valence-corrected chi connectivity index (χ3v) is 4.31. The van der Waals surface area contributed by atoms with E-state index in [0.717, 1.165) is 10.0 Å². The van der Waals surface area contributed by atoms with Gasteiger partial charge in [-0.3, -0.25) is 9.59 Å². The number of esters is 1. The second-order valence-electron chi connectivity index (χ2n) is 4.46. The molecule has 0 atom stereocenters. The van der Waals surface area contributed by atoms with Crippen LogP contribution in [0.4, 0.5) is 5.69 Å². The molecule has 0 spiro atoms. The highest BCUT2D eigenvalue weighted by Crippen LogP contribution is 2.25. The lowest BCUT2D eigenvalue weighted by atomic mass is 10.2. The average molecular weight is 403 g/mol. The van der Waals surface area contributed by atoms with Crippen LogP contribution in [0.1, 0.15) is 12.0 Å². The van der Waals surface area contributed by atoms with Gasteiger partial charge in [-0.05, 0) is 47.0 Å². The Morgan fingerprint density at radius 2 is 2.14 bits per heavy atom. The molecule has 0 unspecified atom stereocenters. The van der Waals surface area contributed by atoms with E-state index in [9.17, 15) is 9.59 Å². The molecule has 0 aliphatic carbocycles. The standard InChI is InChI=1S/C15H13BrClNO3S/c16-11-2-3-13(12(17)7-11)18-14(19)8-21-15(20)4-1-10-5-6-22-9-10/h2-3,5-7,9H,1,4,8H2,(H,18,19). The van der Waals surface area contributed by atoms with Crippen molar-refractivity contribution < 1.29 is 14.3 Å². The number of carbonyl (C=O) groups excluding carboxylic acids is 2. The van der Waals surface area contributed by atoms with Crippen molar-refractivity contribution >= 4 is 56.4 Å². The Bertz CT molecular complexity index is 661. The zero-order chi connectivity index (χ0) is 15.9. The molecule has 1 heterocycles. The van der Waals surface area contributed by atoms with Gasteiger partial charge in [0.1, 0.15) is 0 Å². The second-order valence-corrected chi connectivity index (χ2v) is 6.57. The molecule has 22 heavy (non-hydrogen) atoms. The predicted molar refractivity (Wildman–Crippen MR) is 91.4 cm³/mol. The minimum absolute atomic E-state index is 0.253. The van der Waals surface area contributed by atoms with Gasteiger partial charge in [-0.15, -0.1) is 0 Å². The topological polar surface area (TPSA) is 55.4 Å². The highest BCUT2D eigenvalue weighted by atomic mass is 79.9. The molecule has 0 saturated carbocycles. The van der Waals surface area contributed by atoms with Gasteiger partial charge in [0.05, 0.1) is 10.7 Å². The molecule has 1 N–H and O–H groups in total. The summed E-state index contributed by atoms with van der Waals surface area (Å²) >= 11 is 10.9. The van der Waals surface area contributed by atoms with Crippen molar-refractivity contribution in [2.45, 2.75) is 12.8 Å². The van der Waals surface area contributed by atoms with Gasteiger partial charge in [-0.1, -0.05) is 27.5 Å². The molecule has 7 heteroatoms. The zero-order valence-electron chi connectivity index (χ0n) is 11.5. The van der Waals surface area contributed by atoms with E-state index in [2.05, 4.69) is 21.2 Å². The molecule has 0 saturated heterocycles. The number of thiophene rings is 1. The summed E-state index contributed by atoms with van der Waals surface area (Å²) in [4.78, 5) is 23.3. The molecule has 4 nitrogen and oxygen atoms in total. The molecule has 2 aromatic rings. The van der Waals surface area contributed by atoms with Crippen LogP contribution in [0.2, 0.25) is 5.02 Å². The maximum atomic E-state index is 11.7. The minimum Gasteiger partial charge on any atom is -0.456 e. The third-order valence-electron chi connectivity index (χ3n) is 2.77. The SMILES string of the molecule is O=C(COC(=O)CCc1ccsc1)Nc1ccc(Br)cc1Cl. The van der Waals surface area contributed by atoms with E-state index >= 15 is 0 Å². The average Bonchev–Trinajstić information content (AvgIpc) is 2.99. The molecule has 1 amide bonds. The first-order valence-electron chi connectivity index (χ1n) is 6.46. The van der Waals surface area contributed by atoms with Crippen molar-refractivity contribution in [2.75, 3.05) is 11.9 Å². The van der Waals surface area contributed by atoms with Crippen LogP contribution in [0.25, 0.3) is 0 Å². The minimum atomic E-state index is -0.423. The molecule has 0 radical (unpaired) electrons. The lowest BCUT2D eigenvalue weighted by Crippen LogP contribution is -2.21. The van der Waals surface area contributed by atoms with E-state index in [0.29, 0.717) is 17.1 Å². The van der Waals surface area contributed by atoms with Gasteiger partial charge in [-0.25, -0.2) is 0 Å². The number of carbonyl (C=O) groups is 2. The van der Waals surface area contributed by atoms with Crippen LogP contribution in [-0.4, -0.2) is 18.5 Å². The van der Waals surface area contributed by atoms with Crippen LogP contribution in [0, 0.1) is 0 Å². The van der Waals surface area contributed by atoms with Crippen molar-refractivity contribution in [1.29, 1.82) is 0 Å². The van der Waals surface area contributed by atoms with Gasteiger partial charge in [0, 0.05) is 10.9 Å². The van der Waals surface area contributed by atoms with E-state index in [-0.39, 0.29) is 13.0 Å². The monoisotopic (exact) mass is 401 g/mol. The van der Waals surface area contributed by atoms with Crippen LogP contribution in [-0.2, 0) is 20.7 Å². The van der Waals surface area contributed by atoms with Crippen molar-refractivity contribution in [3.63, 3.8) is 0 Å². The molecule has 116 valence electrons. The number of amides is 1. The molecule has 2 rings (SSSR count). The van der Waals surface area contributed by atoms with Crippen LogP contribution in [0.3, 0.4) is 0 Å². The first kappa shape index (κ1) is 17.0. The molecule has 0 fully saturated rings. The van der Waals surface area contributed by atoms with Crippen LogP contribution in [0.15, 0.2) is 39.5 Å². The molecule has 0 aliphatic rings. The summed E-state index contributed by atoms with van der Waals surface area (Å²) in [6.07, 6.45) is 0.867. The maximum Gasteiger partial charge on any atom is 0.306 e. The zero-order valence-corrected chi connectivity index (χ0v) is 14.6. The Morgan fingerprint density at radius 3 is 2.82 bits per heavy atom. The highest BCUT2D eigenvalue weighted by molar-refractivity contribution is 9.10. The molecule has 0 aliphatic heterocycles. The Balaban J connectivity index is 1.74. The van der Waals surface area contributed by atoms with Gasteiger partial charge in [0.15, 0.2) is 6.61 Å². The smallest absolute Gasteiger partial charge is 0.306 e. The number of hydrogen-bond donors (Lipinski definition) is 1. The summed E-state index contributed by atoms with van der Waals surface area (Å²) in [5, 5.41) is 6.94. The lowest BCUT2D eigenvalue weighted by molar-refractivity contribution is -0.147. The fraction of sp³-hybridized carbons (Fsp3) is 0.200. The summed E-state index contributed by atoms with van der Waals surface area (Å²) in [5.41, 5.74) is 1.57. The van der Waals surface area contributed by atoms with E-state index in [4.69, 9.17) is 16.3 Å². The maximum absolute atomic E-state index is 11.7. The molecule has 1 aromatic carbocycles. The summed E-state index contributed by atoms with van der Waals surface area (Å²) in [5.74, 6) is -0.823. The summed E-state index contributed by atoms with van der Waals surface area (Å²) in [6.45, 7) is -0.325. The first-order chi connectivity index (χ1) is 10.5. The van der Waals surface area contributed by atoms with Crippen LogP contribution < -0.4 is 5.32 Å². The number of rotatable bonds is 6. The normalized spacial score (nSPS) is 10.3. The number of hydrogen-bond acceptors (Lipinski definition) is 4. The van der Waals surface area contributed by atoms with Gasteiger partial charge in [-0.2, -0.15) is 11.3 Å². The number of aryl methyl sites for hydroxylation is 1. The van der Waals surface area contributed by atoms with Gasteiger partial charge >= 0.3 is 5.97 Å². The number of halogens is 2. The first-order valence-corrected chi connectivity index (χ1v) is 8.57. The van der Waals surface area contributed by atoms with Crippen LogP contribution in [0.5, 0.6) is 0 Å². The largest absolute Gasteiger partial charge is 0.456 e. The predicted octanol–water partition coefficient (Wildman–Crippen LogP) is 4.28. The molecular weight excluding hydrogens is 390 g/mol. The van der Waals surface area contributed by atoms with E-state index in [1.54, 1.807) is 29.5 Å². The van der Waals surface area contributed by atoms with Crippen molar-refractivity contribution in [3.8, 4) is 0 Å². The number of anilines is 1. The van der Waals surface area contributed by atoms with Gasteiger partial charge in [0.2, 0.25) is 0 Å². The molecular formula is C15H13BrClNO3S. The van der Waals surface area contributed by atoms with E-state index < -0.39 is 11.9 Å². The van der Waals surface area contributed by atoms with Crippen molar-refractivity contribution in [3.05, 3.63) is 50.1 Å². The van der Waals surface area contributed by atoms with Gasteiger partial charge < -0.3 is 10.1 Å². The fourth-order valence-electron chi connectivity index (χ4n) is 1.68. The van der Waals surface area contributed by atoms with Crippen molar-refractivity contribution in [1.82, 2.24) is 0 Å². The number of nitrogens with one attached hydrogen (secondary N) is 1. The summed E-state index contributed by atoms with van der Waals surface area (Å²) < 4.78 is 5.75. The Labute approximate surface area is 145 Å². The van der Waals surface area contributed by atoms with Crippen LogP contribution >= 0.6 is 38.9 Å². The quantitative estimate of drug-likeness (QED) is 0.734. The highest BCUT2D eigenvalue weighted by Gasteiger charge is 2.10. The Morgan fingerprint density at radius 1 is 1.32 bits per heavy atom. The molecule has 0 bridgehead atoms. The summed E-state index contributed by atoms with van der Waals surface area (Å²) in [7, 11) is 0. The van der Waals surface area contributed by atoms with E-state index in [1.807, 2.05) is 16.8 Å². The Hall–Kier alpha value is -1.37. The molecule has 1 aromatic heterocycles.